The normalized spacial score (nSPS) is 16.1. The van der Waals surface area contributed by atoms with E-state index in [1.807, 2.05) is 24.0 Å². The summed E-state index contributed by atoms with van der Waals surface area (Å²) < 4.78 is 30.4. The van der Waals surface area contributed by atoms with Crippen LogP contribution in [0, 0.1) is 5.82 Å². The average Bonchev–Trinajstić information content (AvgIpc) is 3.27. The van der Waals surface area contributed by atoms with E-state index in [-0.39, 0.29) is 11.9 Å². The number of nitrogens with one attached hydrogen (secondary N) is 2. The predicted octanol–water partition coefficient (Wildman–Crippen LogP) is 2.62. The quantitative estimate of drug-likeness (QED) is 0.454. The monoisotopic (exact) mass is 445 g/mol. The molecule has 2 heterocycles. The van der Waals surface area contributed by atoms with Crippen LogP contribution in [-0.4, -0.2) is 64.5 Å². The highest BCUT2D eigenvalue weighted by atomic mass is 19.1. The number of methoxy groups -OCH3 is 3. The Balaban J connectivity index is 1.64. The Hall–Kier alpha value is -3.23. The molecule has 0 spiro atoms. The Morgan fingerprint density at radius 2 is 1.97 bits per heavy atom. The van der Waals surface area contributed by atoms with Gasteiger partial charge in [0.2, 0.25) is 0 Å². The summed E-state index contributed by atoms with van der Waals surface area (Å²) in [6.45, 7) is 4.71. The van der Waals surface area contributed by atoms with Gasteiger partial charge in [-0.1, -0.05) is 0 Å². The Bertz CT molecular complexity index is 899. The van der Waals surface area contributed by atoms with Gasteiger partial charge in [-0.05, 0) is 31.9 Å². The van der Waals surface area contributed by atoms with Crippen LogP contribution in [0.15, 0.2) is 35.5 Å². The van der Waals surface area contributed by atoms with E-state index in [1.165, 1.54) is 6.07 Å². The second-order valence-electron chi connectivity index (χ2n) is 7.41. The molecule has 32 heavy (non-hydrogen) atoms. The van der Waals surface area contributed by atoms with Crippen molar-refractivity contribution >= 4 is 11.8 Å². The molecule has 1 saturated heterocycles. The fourth-order valence-corrected chi connectivity index (χ4v) is 3.80. The standard InChI is InChI=1S/C23H32FN5O3/c1-5-25-23(28-16-9-12-29(15-16)22-19(24)7-6-10-26-22)27-11-8-18-20(31-3)13-17(30-2)14-21(18)32-4/h6-7,10,13-14,16H,5,8-9,11-12,15H2,1-4H3,(H2,25,27,28). The van der Waals surface area contributed by atoms with Crippen LogP contribution in [0.1, 0.15) is 18.9 Å². The van der Waals surface area contributed by atoms with Gasteiger partial charge in [0.15, 0.2) is 17.6 Å². The van der Waals surface area contributed by atoms with Gasteiger partial charge in [0.05, 0.1) is 21.3 Å². The molecule has 1 unspecified atom stereocenters. The number of hydrogen-bond donors (Lipinski definition) is 2. The first kappa shape index (κ1) is 23.4. The SMILES string of the molecule is CCNC(=NCCc1c(OC)cc(OC)cc1OC)NC1CCN(c2ncccc2F)C1. The Kier molecular flexibility index (Phi) is 8.35. The number of halogens is 1. The van der Waals surface area contributed by atoms with Gasteiger partial charge in [-0.25, -0.2) is 9.37 Å². The molecule has 1 atom stereocenters. The summed E-state index contributed by atoms with van der Waals surface area (Å²) in [7, 11) is 4.87. The van der Waals surface area contributed by atoms with Gasteiger partial charge in [-0.3, -0.25) is 4.99 Å². The summed E-state index contributed by atoms with van der Waals surface area (Å²) in [5.41, 5.74) is 0.938. The number of ether oxygens (including phenoxy) is 3. The van der Waals surface area contributed by atoms with Crippen molar-refractivity contribution in [3.8, 4) is 17.2 Å². The van der Waals surface area contributed by atoms with Crippen molar-refractivity contribution in [1.29, 1.82) is 0 Å². The van der Waals surface area contributed by atoms with Gasteiger partial charge in [0.25, 0.3) is 0 Å². The first-order chi connectivity index (χ1) is 15.6. The van der Waals surface area contributed by atoms with Crippen molar-refractivity contribution in [3.05, 3.63) is 41.8 Å². The minimum atomic E-state index is -0.295. The lowest BCUT2D eigenvalue weighted by Crippen LogP contribution is -2.44. The van der Waals surface area contributed by atoms with Gasteiger partial charge in [0, 0.05) is 56.1 Å². The topological polar surface area (TPSA) is 80.2 Å². The van der Waals surface area contributed by atoms with E-state index in [9.17, 15) is 4.39 Å². The highest BCUT2D eigenvalue weighted by molar-refractivity contribution is 5.80. The van der Waals surface area contributed by atoms with Crippen LogP contribution >= 0.6 is 0 Å². The minimum absolute atomic E-state index is 0.152. The van der Waals surface area contributed by atoms with E-state index in [1.54, 1.807) is 33.6 Å². The second-order valence-corrected chi connectivity index (χ2v) is 7.41. The van der Waals surface area contributed by atoms with Gasteiger partial charge in [-0.2, -0.15) is 0 Å². The highest BCUT2D eigenvalue weighted by Gasteiger charge is 2.26. The van der Waals surface area contributed by atoms with Crippen LogP contribution in [-0.2, 0) is 6.42 Å². The zero-order valence-corrected chi connectivity index (χ0v) is 19.2. The second kappa shape index (κ2) is 11.4. The Morgan fingerprint density at radius 3 is 2.59 bits per heavy atom. The minimum Gasteiger partial charge on any atom is -0.496 e. The largest absolute Gasteiger partial charge is 0.496 e. The van der Waals surface area contributed by atoms with E-state index in [4.69, 9.17) is 19.2 Å². The fraction of sp³-hybridized carbons (Fsp3) is 0.478. The number of aliphatic imine (C=N–C) groups is 1. The number of pyridine rings is 1. The van der Waals surface area contributed by atoms with Crippen LogP contribution in [0.4, 0.5) is 10.2 Å². The van der Waals surface area contributed by atoms with Gasteiger partial charge in [-0.15, -0.1) is 0 Å². The first-order valence-electron chi connectivity index (χ1n) is 10.8. The number of rotatable bonds is 9. The van der Waals surface area contributed by atoms with Gasteiger partial charge >= 0.3 is 0 Å². The number of anilines is 1. The number of guanidine groups is 1. The molecular formula is C23H32FN5O3. The molecule has 1 fully saturated rings. The highest BCUT2D eigenvalue weighted by Crippen LogP contribution is 2.34. The molecule has 2 aromatic rings. The molecule has 1 aliphatic heterocycles. The summed E-state index contributed by atoms with van der Waals surface area (Å²) in [4.78, 5) is 10.9. The number of benzene rings is 1. The summed E-state index contributed by atoms with van der Waals surface area (Å²) in [6.07, 6.45) is 3.13. The molecule has 3 rings (SSSR count). The van der Waals surface area contributed by atoms with E-state index in [2.05, 4.69) is 15.6 Å². The van der Waals surface area contributed by atoms with Crippen molar-refractivity contribution in [3.63, 3.8) is 0 Å². The zero-order valence-electron chi connectivity index (χ0n) is 19.2. The molecule has 0 bridgehead atoms. The smallest absolute Gasteiger partial charge is 0.191 e. The predicted molar refractivity (Wildman–Crippen MR) is 124 cm³/mol. The van der Waals surface area contributed by atoms with E-state index in [0.717, 1.165) is 31.0 Å². The maximum Gasteiger partial charge on any atom is 0.191 e. The number of hydrogen-bond acceptors (Lipinski definition) is 6. The van der Waals surface area contributed by atoms with Crippen molar-refractivity contribution in [2.45, 2.75) is 25.8 Å². The fourth-order valence-electron chi connectivity index (χ4n) is 3.80. The third-order valence-corrected chi connectivity index (χ3v) is 5.36. The van der Waals surface area contributed by atoms with Gasteiger partial charge < -0.3 is 29.7 Å². The van der Waals surface area contributed by atoms with Crippen LogP contribution in [0.5, 0.6) is 17.2 Å². The molecule has 9 heteroatoms. The number of aromatic nitrogens is 1. The maximum atomic E-state index is 14.1. The van der Waals surface area contributed by atoms with E-state index >= 15 is 0 Å². The van der Waals surface area contributed by atoms with Crippen LogP contribution in [0.3, 0.4) is 0 Å². The lowest BCUT2D eigenvalue weighted by atomic mass is 10.1. The van der Waals surface area contributed by atoms with Gasteiger partial charge in [0.1, 0.15) is 17.2 Å². The lowest BCUT2D eigenvalue weighted by Gasteiger charge is -2.20. The molecule has 1 aromatic carbocycles. The van der Waals surface area contributed by atoms with E-state index in [0.29, 0.717) is 42.6 Å². The maximum absolute atomic E-state index is 14.1. The molecule has 0 aliphatic carbocycles. The summed E-state index contributed by atoms with van der Waals surface area (Å²) in [5.74, 6) is 2.92. The molecule has 174 valence electrons. The zero-order chi connectivity index (χ0) is 22.9. The lowest BCUT2D eigenvalue weighted by molar-refractivity contribution is 0.369. The Labute approximate surface area is 188 Å². The molecule has 2 N–H and O–H groups in total. The summed E-state index contributed by atoms with van der Waals surface area (Å²) in [5, 5.41) is 6.75. The molecule has 8 nitrogen and oxygen atoms in total. The summed E-state index contributed by atoms with van der Waals surface area (Å²) >= 11 is 0. The molecule has 1 aromatic heterocycles. The summed E-state index contributed by atoms with van der Waals surface area (Å²) in [6, 6.07) is 6.88. The van der Waals surface area contributed by atoms with Crippen molar-refractivity contribution in [2.24, 2.45) is 4.99 Å². The Morgan fingerprint density at radius 1 is 1.22 bits per heavy atom. The molecule has 1 aliphatic rings. The first-order valence-corrected chi connectivity index (χ1v) is 10.8. The van der Waals surface area contributed by atoms with Crippen LogP contribution < -0.4 is 29.7 Å². The third kappa shape index (κ3) is 5.72. The van der Waals surface area contributed by atoms with Crippen molar-refractivity contribution in [2.75, 3.05) is 52.4 Å². The molecule has 0 radical (unpaired) electrons. The van der Waals surface area contributed by atoms with E-state index < -0.39 is 0 Å². The average molecular weight is 446 g/mol. The molecule has 0 saturated carbocycles. The van der Waals surface area contributed by atoms with Crippen LogP contribution in [0.25, 0.3) is 0 Å². The van der Waals surface area contributed by atoms with Crippen LogP contribution in [0.2, 0.25) is 0 Å². The third-order valence-electron chi connectivity index (χ3n) is 5.36. The van der Waals surface area contributed by atoms with Crippen molar-refractivity contribution in [1.82, 2.24) is 15.6 Å². The number of nitrogens with zero attached hydrogens (tertiary/aromatic N) is 3. The molecular weight excluding hydrogens is 413 g/mol. The van der Waals surface area contributed by atoms with Crippen molar-refractivity contribution < 1.29 is 18.6 Å². The molecule has 0 amide bonds.